The smallest absolute Gasteiger partial charge is 0.261 e. The van der Waals surface area contributed by atoms with E-state index in [0.717, 1.165) is 5.56 Å². The first kappa shape index (κ1) is 22.5. The van der Waals surface area contributed by atoms with E-state index in [1.165, 1.54) is 38.5 Å². The van der Waals surface area contributed by atoms with Gasteiger partial charge in [0.2, 0.25) is 0 Å². The highest BCUT2D eigenvalue weighted by molar-refractivity contribution is 7.92. The van der Waals surface area contributed by atoms with Crippen molar-refractivity contribution < 1.29 is 22.7 Å². The highest BCUT2D eigenvalue weighted by Crippen LogP contribution is 2.25. The zero-order valence-corrected chi connectivity index (χ0v) is 18.7. The van der Waals surface area contributed by atoms with Gasteiger partial charge in [0.05, 0.1) is 24.8 Å². The molecule has 3 rings (SSSR count). The minimum Gasteiger partial charge on any atom is -0.497 e. The van der Waals surface area contributed by atoms with Crippen molar-refractivity contribution in [3.8, 4) is 11.5 Å². The summed E-state index contributed by atoms with van der Waals surface area (Å²) in [5.74, 6) is 0.571. The lowest BCUT2D eigenvalue weighted by Crippen LogP contribution is -2.15. The zero-order valence-electron chi connectivity index (χ0n) is 17.1. The number of hydrogen-bond acceptors (Lipinski definition) is 5. The highest BCUT2D eigenvalue weighted by atomic mass is 35.5. The zero-order chi connectivity index (χ0) is 22.6. The van der Waals surface area contributed by atoms with Crippen molar-refractivity contribution in [2.45, 2.75) is 11.8 Å². The Balaban J connectivity index is 1.77. The maximum atomic E-state index is 12.7. The predicted octanol–water partition coefficient (Wildman–Crippen LogP) is 4.72. The molecule has 0 aliphatic heterocycles. The van der Waals surface area contributed by atoms with E-state index < -0.39 is 10.0 Å². The van der Waals surface area contributed by atoms with Crippen LogP contribution in [0.5, 0.6) is 11.5 Å². The van der Waals surface area contributed by atoms with Crippen LogP contribution >= 0.6 is 11.6 Å². The van der Waals surface area contributed by atoms with Crippen LogP contribution < -0.4 is 19.5 Å². The molecule has 3 aromatic rings. The molecule has 0 spiro atoms. The van der Waals surface area contributed by atoms with E-state index in [0.29, 0.717) is 33.5 Å². The molecular formula is C22H21ClN2O5S. The quantitative estimate of drug-likeness (QED) is 0.532. The molecule has 0 unspecified atom stereocenters. The fraction of sp³-hybridized carbons (Fsp3) is 0.136. The fourth-order valence-corrected chi connectivity index (χ4v) is 4.06. The number of nitrogens with one attached hydrogen (secondary N) is 2. The first-order valence-electron chi connectivity index (χ1n) is 9.15. The Morgan fingerprint density at radius 1 is 0.903 bits per heavy atom. The summed E-state index contributed by atoms with van der Waals surface area (Å²) in [5.41, 5.74) is 1.91. The number of halogens is 1. The van der Waals surface area contributed by atoms with Gasteiger partial charge in [0.1, 0.15) is 11.5 Å². The molecule has 0 fully saturated rings. The van der Waals surface area contributed by atoms with Gasteiger partial charge in [-0.05, 0) is 61.0 Å². The Bertz CT molecular complexity index is 1190. The second-order valence-electron chi connectivity index (χ2n) is 6.64. The molecule has 0 bridgehead atoms. The van der Waals surface area contributed by atoms with E-state index >= 15 is 0 Å². The number of rotatable bonds is 7. The van der Waals surface area contributed by atoms with Crippen LogP contribution in [0.2, 0.25) is 5.02 Å². The summed E-state index contributed by atoms with van der Waals surface area (Å²) in [6.45, 7) is 1.78. The van der Waals surface area contributed by atoms with Gasteiger partial charge >= 0.3 is 0 Å². The predicted molar refractivity (Wildman–Crippen MR) is 121 cm³/mol. The lowest BCUT2D eigenvalue weighted by Gasteiger charge is -2.12. The van der Waals surface area contributed by atoms with E-state index in [1.807, 2.05) is 0 Å². The topological polar surface area (TPSA) is 93.7 Å². The van der Waals surface area contributed by atoms with Crippen molar-refractivity contribution in [1.29, 1.82) is 0 Å². The number of amides is 1. The Kier molecular flexibility index (Phi) is 6.72. The molecule has 0 saturated heterocycles. The molecule has 9 heteroatoms. The molecule has 0 aliphatic carbocycles. The van der Waals surface area contributed by atoms with E-state index in [9.17, 15) is 13.2 Å². The number of aryl methyl sites for hydroxylation is 1. The van der Waals surface area contributed by atoms with Crippen LogP contribution in [0.15, 0.2) is 65.6 Å². The molecule has 0 aliphatic rings. The number of hydrogen-bond donors (Lipinski definition) is 2. The third kappa shape index (κ3) is 5.48. The minimum absolute atomic E-state index is 0.0490. The molecule has 0 heterocycles. The molecular weight excluding hydrogens is 440 g/mol. The van der Waals surface area contributed by atoms with Gasteiger partial charge in [0, 0.05) is 22.3 Å². The first-order chi connectivity index (χ1) is 14.7. The normalized spacial score (nSPS) is 11.0. The number of ether oxygens (including phenoxy) is 2. The number of carbonyl (C=O) groups excluding carboxylic acids is 1. The maximum absolute atomic E-state index is 12.7. The first-order valence-corrected chi connectivity index (χ1v) is 11.0. The number of anilines is 2. The third-order valence-electron chi connectivity index (χ3n) is 4.48. The molecule has 7 nitrogen and oxygen atoms in total. The highest BCUT2D eigenvalue weighted by Gasteiger charge is 2.16. The van der Waals surface area contributed by atoms with E-state index in [4.69, 9.17) is 21.1 Å². The monoisotopic (exact) mass is 460 g/mol. The van der Waals surface area contributed by atoms with Gasteiger partial charge in [0.15, 0.2) is 0 Å². The van der Waals surface area contributed by atoms with Crippen molar-refractivity contribution in [1.82, 2.24) is 0 Å². The van der Waals surface area contributed by atoms with Gasteiger partial charge in [0.25, 0.3) is 15.9 Å². The number of benzene rings is 3. The van der Waals surface area contributed by atoms with Crippen molar-refractivity contribution >= 4 is 38.9 Å². The fourth-order valence-electron chi connectivity index (χ4n) is 2.77. The lowest BCUT2D eigenvalue weighted by molar-refractivity contribution is 0.102. The van der Waals surface area contributed by atoms with Crippen molar-refractivity contribution in [2.75, 3.05) is 24.3 Å². The van der Waals surface area contributed by atoms with Crippen LogP contribution in [-0.2, 0) is 10.0 Å². The minimum atomic E-state index is -3.82. The summed E-state index contributed by atoms with van der Waals surface area (Å²) >= 11 is 5.96. The van der Waals surface area contributed by atoms with E-state index in [-0.39, 0.29) is 10.8 Å². The summed E-state index contributed by atoms with van der Waals surface area (Å²) in [6, 6.07) is 15.6. The molecule has 0 saturated carbocycles. The molecule has 3 aromatic carbocycles. The van der Waals surface area contributed by atoms with E-state index in [1.54, 1.807) is 43.3 Å². The molecule has 0 aromatic heterocycles. The van der Waals surface area contributed by atoms with Crippen LogP contribution in [0.3, 0.4) is 0 Å². The molecule has 31 heavy (non-hydrogen) atoms. The summed E-state index contributed by atoms with van der Waals surface area (Å²) in [7, 11) is -0.833. The Morgan fingerprint density at radius 3 is 2.10 bits per heavy atom. The number of sulfonamides is 1. The SMILES string of the molecule is COc1cc(OC)cc(C(=O)Nc2ccc(S(=O)(=O)Nc3cc(Cl)ccc3C)cc2)c1. The molecule has 0 radical (unpaired) electrons. The largest absolute Gasteiger partial charge is 0.497 e. The van der Waals surface area contributed by atoms with Crippen LogP contribution in [0, 0.1) is 6.92 Å². The van der Waals surface area contributed by atoms with Crippen LogP contribution in [0.1, 0.15) is 15.9 Å². The van der Waals surface area contributed by atoms with Crippen molar-refractivity contribution in [3.63, 3.8) is 0 Å². The molecule has 2 N–H and O–H groups in total. The summed E-state index contributed by atoms with van der Waals surface area (Å²) in [6.07, 6.45) is 0. The standard InChI is InChI=1S/C22H21ClN2O5S/c1-14-4-5-16(23)12-21(14)25-31(27,28)20-8-6-17(7-9-20)24-22(26)15-10-18(29-2)13-19(11-15)30-3/h4-13,25H,1-3H3,(H,24,26). The number of carbonyl (C=O) groups is 1. The molecule has 162 valence electrons. The van der Waals surface area contributed by atoms with Gasteiger partial charge in [-0.3, -0.25) is 9.52 Å². The van der Waals surface area contributed by atoms with Gasteiger partial charge < -0.3 is 14.8 Å². The third-order valence-corrected chi connectivity index (χ3v) is 6.10. The van der Waals surface area contributed by atoms with Crippen molar-refractivity contribution in [2.24, 2.45) is 0 Å². The van der Waals surface area contributed by atoms with Crippen LogP contribution in [0.4, 0.5) is 11.4 Å². The maximum Gasteiger partial charge on any atom is 0.261 e. The lowest BCUT2D eigenvalue weighted by atomic mass is 10.2. The van der Waals surface area contributed by atoms with Crippen LogP contribution in [-0.4, -0.2) is 28.5 Å². The van der Waals surface area contributed by atoms with Crippen LogP contribution in [0.25, 0.3) is 0 Å². The average Bonchev–Trinajstić information content (AvgIpc) is 2.76. The summed E-state index contributed by atoms with van der Waals surface area (Å²) in [5, 5.41) is 3.15. The Hall–Kier alpha value is -3.23. The van der Waals surface area contributed by atoms with Gasteiger partial charge in [-0.25, -0.2) is 8.42 Å². The van der Waals surface area contributed by atoms with Gasteiger partial charge in [-0.15, -0.1) is 0 Å². The summed E-state index contributed by atoms with van der Waals surface area (Å²) in [4.78, 5) is 12.6. The second kappa shape index (κ2) is 9.28. The summed E-state index contributed by atoms with van der Waals surface area (Å²) < 4.78 is 38.3. The Labute approximate surface area is 186 Å². The van der Waals surface area contributed by atoms with E-state index in [2.05, 4.69) is 10.0 Å². The van der Waals surface area contributed by atoms with Gasteiger partial charge in [-0.1, -0.05) is 17.7 Å². The average molecular weight is 461 g/mol. The Morgan fingerprint density at radius 2 is 1.52 bits per heavy atom. The van der Waals surface area contributed by atoms with Gasteiger partial charge in [-0.2, -0.15) is 0 Å². The number of methoxy groups -OCH3 is 2. The molecule has 0 atom stereocenters. The van der Waals surface area contributed by atoms with Crippen molar-refractivity contribution in [3.05, 3.63) is 76.8 Å². The second-order valence-corrected chi connectivity index (χ2v) is 8.76. The molecule has 1 amide bonds.